The Hall–Kier alpha value is -2.22. The summed E-state index contributed by atoms with van der Waals surface area (Å²) in [5.41, 5.74) is 3.08. The fourth-order valence-electron chi connectivity index (χ4n) is 5.80. The van der Waals surface area contributed by atoms with E-state index in [1.54, 1.807) is 19.3 Å². The molecule has 0 aliphatic heterocycles. The predicted molar refractivity (Wildman–Crippen MR) is 136 cm³/mol. The highest BCUT2D eigenvalue weighted by Gasteiger charge is 2.50. The van der Waals surface area contributed by atoms with Crippen LogP contribution in [-0.4, -0.2) is 26.2 Å². The molecule has 4 aliphatic rings. The van der Waals surface area contributed by atoms with Crippen molar-refractivity contribution in [1.82, 2.24) is 15.1 Å². The van der Waals surface area contributed by atoms with Gasteiger partial charge in [0, 0.05) is 34.9 Å². The van der Waals surface area contributed by atoms with Crippen molar-refractivity contribution < 1.29 is 14.4 Å². The lowest BCUT2D eigenvalue weighted by Crippen LogP contribution is -2.43. The second kappa shape index (κ2) is 8.43. The maximum absolute atomic E-state index is 11.5. The molecule has 0 unspecified atom stereocenters. The number of carbonyl (C=O) groups is 1. The monoisotopic (exact) mass is 529 g/mol. The topological polar surface area (TPSA) is 89.1 Å². The van der Waals surface area contributed by atoms with E-state index >= 15 is 0 Å². The standard InChI is InChI=1S/C26H25Cl2N3O3S/c1-14-22(23(32)33)35-24(30-14)26-9-6-25(7-10-26,8-11-26)5-4-16-20(31-34-21(16)15-2-3-15)19-17(27)12-29-13-18(19)28/h4-5,12-13,15H,2-3,6-11H2,1H3,(H,32,33)/b5-4+. The fourth-order valence-corrected chi connectivity index (χ4v) is 7.52. The molecular weight excluding hydrogens is 505 g/mol. The Balaban J connectivity index is 1.29. The highest BCUT2D eigenvalue weighted by Crippen LogP contribution is 2.59. The molecule has 7 rings (SSSR count). The first-order valence-electron chi connectivity index (χ1n) is 12.0. The molecule has 3 heterocycles. The van der Waals surface area contributed by atoms with Crippen molar-refractivity contribution >= 4 is 46.6 Å². The van der Waals surface area contributed by atoms with Crippen LogP contribution in [0.1, 0.15) is 89.0 Å². The summed E-state index contributed by atoms with van der Waals surface area (Å²) >= 11 is 14.3. The quantitative estimate of drug-likeness (QED) is 0.352. The molecular formula is C26H25Cl2N3O3S. The lowest BCUT2D eigenvalue weighted by Gasteiger charge is -2.51. The maximum atomic E-state index is 11.5. The number of hydrogen-bond acceptors (Lipinski definition) is 6. The van der Waals surface area contributed by atoms with Crippen LogP contribution in [0, 0.1) is 12.3 Å². The second-order valence-corrected chi connectivity index (χ2v) is 12.1. The van der Waals surface area contributed by atoms with E-state index in [-0.39, 0.29) is 10.8 Å². The summed E-state index contributed by atoms with van der Waals surface area (Å²) in [7, 11) is 0. The van der Waals surface area contributed by atoms with Crippen molar-refractivity contribution in [1.29, 1.82) is 0 Å². The van der Waals surface area contributed by atoms with Gasteiger partial charge >= 0.3 is 5.97 Å². The summed E-state index contributed by atoms with van der Waals surface area (Å²) in [4.78, 5) is 20.7. The molecule has 0 saturated heterocycles. The largest absolute Gasteiger partial charge is 0.477 e. The average Bonchev–Trinajstić information content (AvgIpc) is 3.48. The Morgan fingerprint density at radius 3 is 2.37 bits per heavy atom. The number of hydrogen-bond donors (Lipinski definition) is 1. The first kappa shape index (κ1) is 23.2. The molecule has 4 fully saturated rings. The number of halogens is 2. The van der Waals surface area contributed by atoms with Crippen LogP contribution in [0.15, 0.2) is 23.0 Å². The molecule has 4 saturated carbocycles. The van der Waals surface area contributed by atoms with Gasteiger partial charge in [0.05, 0.1) is 20.7 Å². The highest BCUT2D eigenvalue weighted by atomic mass is 35.5. The SMILES string of the molecule is Cc1nc(C23CCC(/C=C/c4c(-c5c(Cl)cncc5Cl)noc4C4CC4)(CC2)CC3)sc1C(=O)O. The molecule has 0 spiro atoms. The van der Waals surface area contributed by atoms with Crippen molar-refractivity contribution in [3.63, 3.8) is 0 Å². The summed E-state index contributed by atoms with van der Waals surface area (Å²) < 4.78 is 5.81. The van der Waals surface area contributed by atoms with Gasteiger partial charge < -0.3 is 9.63 Å². The number of nitrogens with zero attached hydrogens (tertiary/aromatic N) is 3. The number of carboxylic acid groups (broad SMARTS) is 1. The second-order valence-electron chi connectivity index (χ2n) is 10.3. The van der Waals surface area contributed by atoms with Crippen LogP contribution in [0.3, 0.4) is 0 Å². The molecule has 0 atom stereocenters. The van der Waals surface area contributed by atoms with Crippen LogP contribution in [0.2, 0.25) is 10.0 Å². The van der Waals surface area contributed by atoms with Crippen molar-refractivity contribution in [3.05, 3.63) is 55.4 Å². The van der Waals surface area contributed by atoms with Gasteiger partial charge in [-0.3, -0.25) is 4.98 Å². The number of carboxylic acids is 1. The molecule has 4 aliphatic carbocycles. The molecule has 9 heteroatoms. The van der Waals surface area contributed by atoms with Crippen molar-refractivity contribution in [3.8, 4) is 11.3 Å². The Bertz CT molecular complexity index is 1310. The molecule has 0 amide bonds. The van der Waals surface area contributed by atoms with Crippen LogP contribution < -0.4 is 0 Å². The van der Waals surface area contributed by atoms with Crippen LogP contribution in [-0.2, 0) is 5.41 Å². The van der Waals surface area contributed by atoms with Gasteiger partial charge in [0.2, 0.25) is 0 Å². The molecule has 182 valence electrons. The number of thiazole rings is 1. The van der Waals surface area contributed by atoms with Crippen LogP contribution >= 0.6 is 34.5 Å². The third-order valence-electron chi connectivity index (χ3n) is 8.15. The summed E-state index contributed by atoms with van der Waals surface area (Å²) in [6.07, 6.45) is 16.2. The highest BCUT2D eigenvalue weighted by molar-refractivity contribution is 7.13. The van der Waals surface area contributed by atoms with Gasteiger partial charge in [0.1, 0.15) is 16.3 Å². The molecule has 0 aromatic carbocycles. The van der Waals surface area contributed by atoms with Crippen molar-refractivity contribution in [2.24, 2.45) is 5.41 Å². The zero-order valence-corrected chi connectivity index (χ0v) is 21.6. The number of aromatic nitrogens is 3. The fraction of sp³-hybridized carbons (Fsp3) is 0.462. The van der Waals surface area contributed by atoms with Gasteiger partial charge in [0.25, 0.3) is 0 Å². The van der Waals surface area contributed by atoms with Gasteiger partial charge in [-0.15, -0.1) is 11.3 Å². The van der Waals surface area contributed by atoms with E-state index in [2.05, 4.69) is 22.3 Å². The van der Waals surface area contributed by atoms with Crippen LogP contribution in [0.4, 0.5) is 0 Å². The first-order chi connectivity index (χ1) is 16.8. The Morgan fingerprint density at radius 2 is 1.80 bits per heavy atom. The smallest absolute Gasteiger partial charge is 0.347 e. The first-order valence-corrected chi connectivity index (χ1v) is 13.6. The predicted octanol–water partition coefficient (Wildman–Crippen LogP) is 7.69. The molecule has 35 heavy (non-hydrogen) atoms. The number of aryl methyl sites for hydroxylation is 1. The van der Waals surface area contributed by atoms with Crippen molar-refractivity contribution in [2.45, 2.75) is 69.6 Å². The Labute approximate surface area is 217 Å². The van der Waals surface area contributed by atoms with Crippen LogP contribution in [0.5, 0.6) is 0 Å². The van der Waals surface area contributed by atoms with E-state index in [0.717, 1.165) is 67.7 Å². The minimum Gasteiger partial charge on any atom is -0.477 e. The molecule has 3 aromatic rings. The summed E-state index contributed by atoms with van der Waals surface area (Å²) in [6, 6.07) is 0. The van der Waals surface area contributed by atoms with Gasteiger partial charge in [-0.25, -0.2) is 9.78 Å². The van der Waals surface area contributed by atoms with E-state index in [1.807, 2.05) is 0 Å². The normalized spacial score (nSPS) is 26.0. The number of fused-ring (bicyclic) bond motifs is 3. The Morgan fingerprint density at radius 1 is 1.14 bits per heavy atom. The van der Waals surface area contributed by atoms with E-state index in [0.29, 0.717) is 37.8 Å². The van der Waals surface area contributed by atoms with E-state index < -0.39 is 5.97 Å². The molecule has 2 bridgehead atoms. The maximum Gasteiger partial charge on any atom is 0.347 e. The molecule has 6 nitrogen and oxygen atoms in total. The van der Waals surface area contributed by atoms with Gasteiger partial charge in [-0.1, -0.05) is 40.5 Å². The molecule has 1 N–H and O–H groups in total. The number of rotatable bonds is 6. The van der Waals surface area contributed by atoms with E-state index in [9.17, 15) is 9.90 Å². The number of allylic oxidation sites excluding steroid dienone is 1. The van der Waals surface area contributed by atoms with Crippen LogP contribution in [0.25, 0.3) is 17.3 Å². The zero-order valence-electron chi connectivity index (χ0n) is 19.3. The lowest BCUT2D eigenvalue weighted by molar-refractivity contribution is 0.0701. The van der Waals surface area contributed by atoms with Gasteiger partial charge in [-0.2, -0.15) is 0 Å². The minimum atomic E-state index is -0.878. The van der Waals surface area contributed by atoms with Crippen molar-refractivity contribution in [2.75, 3.05) is 0 Å². The third kappa shape index (κ3) is 3.92. The van der Waals surface area contributed by atoms with Gasteiger partial charge in [0.15, 0.2) is 0 Å². The van der Waals surface area contributed by atoms with Gasteiger partial charge in [-0.05, 0) is 63.7 Å². The van der Waals surface area contributed by atoms with E-state index in [4.69, 9.17) is 32.7 Å². The molecule has 0 radical (unpaired) electrons. The minimum absolute atomic E-state index is 0.0122. The van der Waals surface area contributed by atoms with E-state index in [1.165, 1.54) is 11.3 Å². The zero-order chi connectivity index (χ0) is 24.4. The molecule has 3 aromatic heterocycles. The number of aromatic carboxylic acids is 1. The number of pyridine rings is 1. The summed E-state index contributed by atoms with van der Waals surface area (Å²) in [5.74, 6) is 0.434. The lowest BCUT2D eigenvalue weighted by atomic mass is 9.54. The summed E-state index contributed by atoms with van der Waals surface area (Å²) in [5, 5.41) is 15.8. The Kier molecular flexibility index (Phi) is 5.58. The average molecular weight is 530 g/mol. The third-order valence-corrected chi connectivity index (χ3v) is 10.1. The summed E-state index contributed by atoms with van der Waals surface area (Å²) in [6.45, 7) is 1.80.